The molecule has 2 nitrogen and oxygen atoms in total. The summed E-state index contributed by atoms with van der Waals surface area (Å²) in [7, 11) is 0. The molecule has 0 saturated heterocycles. The minimum atomic E-state index is 1.14. The van der Waals surface area contributed by atoms with Crippen LogP contribution in [0.2, 0.25) is 0 Å². The van der Waals surface area contributed by atoms with Gasteiger partial charge in [0, 0.05) is 32.9 Å². The van der Waals surface area contributed by atoms with Crippen molar-refractivity contribution in [2.75, 3.05) is 0 Å². The number of benzene rings is 9. The van der Waals surface area contributed by atoms with Gasteiger partial charge in [-0.2, -0.15) is 0 Å². The molecular weight excluding hydrogens is 701 g/mol. The van der Waals surface area contributed by atoms with Gasteiger partial charge in [0.05, 0.1) is 22.1 Å². The number of fused-ring (bicyclic) bond motifs is 6. The van der Waals surface area contributed by atoms with Crippen LogP contribution in [0, 0.1) is 0 Å². The lowest BCUT2D eigenvalue weighted by molar-refractivity contribution is 1.18. The second-order valence-corrected chi connectivity index (χ2v) is 14.6. The number of hydrogen-bond acceptors (Lipinski definition) is 0. The molecule has 0 N–H and O–H groups in total. The first-order valence-corrected chi connectivity index (χ1v) is 20.3. The van der Waals surface area contributed by atoms with Crippen LogP contribution in [0.5, 0.6) is 0 Å². The van der Waals surface area contributed by atoms with E-state index in [9.17, 15) is 0 Å². The van der Waals surface area contributed by atoms with Gasteiger partial charge >= 0.3 is 0 Å². The fourth-order valence-corrected chi connectivity index (χ4v) is 8.61. The normalized spacial score (nSPS) is 11.3. The smallest absolute Gasteiger partial charge is 0.0541 e. The molecule has 11 rings (SSSR count). The third-order valence-corrected chi connectivity index (χ3v) is 11.3. The van der Waals surface area contributed by atoms with E-state index in [2.05, 4.69) is 228 Å². The Morgan fingerprint density at radius 1 is 0.224 bits per heavy atom. The molecule has 2 heterocycles. The van der Waals surface area contributed by atoms with Crippen LogP contribution in [-0.4, -0.2) is 9.13 Å². The maximum absolute atomic E-state index is 2.43. The van der Waals surface area contributed by atoms with E-state index < -0.39 is 0 Å². The van der Waals surface area contributed by atoms with Gasteiger partial charge < -0.3 is 9.13 Å². The van der Waals surface area contributed by atoms with E-state index in [-0.39, 0.29) is 0 Å². The fourth-order valence-electron chi connectivity index (χ4n) is 8.61. The maximum Gasteiger partial charge on any atom is 0.0541 e. The Balaban J connectivity index is 0.00000201. The summed E-state index contributed by atoms with van der Waals surface area (Å²) in [5.74, 6) is 0. The van der Waals surface area contributed by atoms with Crippen LogP contribution >= 0.6 is 0 Å². The minimum absolute atomic E-state index is 1.14. The van der Waals surface area contributed by atoms with Crippen LogP contribution in [0.15, 0.2) is 218 Å². The highest BCUT2D eigenvalue weighted by atomic mass is 15.0. The molecule has 2 heteroatoms. The first-order chi connectivity index (χ1) is 28.8. The SMILES string of the molecule is CC.c1ccc(-c2ccc3c(c2)c2cc(-c4cccc(-n5c6ccc(-c7ccccc7)cc6c6cc(-c7ccccc7)ccc65)c4)ccc2n3-c2ccccc2)cc1. The predicted octanol–water partition coefficient (Wildman–Crippen LogP) is 15.6. The zero-order valence-electron chi connectivity index (χ0n) is 32.7. The quantitative estimate of drug-likeness (QED) is 0.161. The number of para-hydroxylation sites is 1. The van der Waals surface area contributed by atoms with E-state index in [1.807, 2.05) is 13.8 Å². The Hall–Kier alpha value is -7.42. The van der Waals surface area contributed by atoms with Gasteiger partial charge in [-0.05, 0) is 117 Å². The van der Waals surface area contributed by atoms with Gasteiger partial charge in [-0.25, -0.2) is 0 Å². The Morgan fingerprint density at radius 3 is 0.879 bits per heavy atom. The molecule has 0 atom stereocenters. The third-order valence-electron chi connectivity index (χ3n) is 11.3. The van der Waals surface area contributed by atoms with E-state index in [0.29, 0.717) is 0 Å². The number of hydrogen-bond donors (Lipinski definition) is 0. The summed E-state index contributed by atoms with van der Waals surface area (Å²) in [6, 6.07) is 79.4. The van der Waals surface area contributed by atoms with Gasteiger partial charge in [0.25, 0.3) is 0 Å². The molecule has 58 heavy (non-hydrogen) atoms. The highest BCUT2D eigenvalue weighted by molar-refractivity contribution is 6.13. The van der Waals surface area contributed by atoms with Gasteiger partial charge in [0.1, 0.15) is 0 Å². The molecule has 0 aliphatic rings. The third kappa shape index (κ3) is 6.07. The summed E-state index contributed by atoms with van der Waals surface area (Å²) in [4.78, 5) is 0. The lowest BCUT2D eigenvalue weighted by Crippen LogP contribution is -1.95. The van der Waals surface area contributed by atoms with E-state index in [1.54, 1.807) is 0 Å². The standard InChI is InChI=1S/C54H36N2.C2H6/c1-5-14-37(15-6-1)41-24-28-51-47(33-41)50-36-44(27-31-52(50)55(51)45-21-11-4-12-22-45)40-20-13-23-46(32-40)56-53-29-25-42(38-16-7-2-8-17-38)34-48(53)49-35-43(26-30-54(49)56)39-18-9-3-10-19-39;1-2/h1-36H;1-2H3. The number of nitrogens with zero attached hydrogens (tertiary/aromatic N) is 2. The lowest BCUT2D eigenvalue weighted by atomic mass is 10.00. The number of rotatable bonds is 6. The Bertz CT molecular complexity index is 3110. The largest absolute Gasteiger partial charge is 0.309 e. The highest BCUT2D eigenvalue weighted by Gasteiger charge is 2.17. The Labute approximate surface area is 339 Å². The van der Waals surface area contributed by atoms with Crippen molar-refractivity contribution in [2.24, 2.45) is 0 Å². The molecule has 9 aromatic carbocycles. The molecule has 0 radical (unpaired) electrons. The predicted molar refractivity (Wildman–Crippen MR) is 248 cm³/mol. The van der Waals surface area contributed by atoms with Crippen LogP contribution in [0.25, 0.3) is 99.5 Å². The van der Waals surface area contributed by atoms with Crippen molar-refractivity contribution in [3.63, 3.8) is 0 Å². The van der Waals surface area contributed by atoms with Crippen molar-refractivity contribution < 1.29 is 0 Å². The molecule has 0 fully saturated rings. The Kier molecular flexibility index (Phi) is 9.01. The van der Waals surface area contributed by atoms with Crippen LogP contribution in [0.4, 0.5) is 0 Å². The van der Waals surface area contributed by atoms with Crippen LogP contribution in [0.1, 0.15) is 13.8 Å². The van der Waals surface area contributed by atoms with Gasteiger partial charge in [0.15, 0.2) is 0 Å². The van der Waals surface area contributed by atoms with E-state index in [1.165, 1.54) is 88.1 Å². The maximum atomic E-state index is 2.43. The van der Waals surface area contributed by atoms with Crippen molar-refractivity contribution in [3.8, 4) is 55.9 Å². The monoisotopic (exact) mass is 742 g/mol. The molecule has 0 aliphatic heterocycles. The summed E-state index contributed by atoms with van der Waals surface area (Å²) < 4.78 is 4.83. The van der Waals surface area contributed by atoms with Gasteiger partial charge in [-0.1, -0.05) is 159 Å². The van der Waals surface area contributed by atoms with Crippen LogP contribution in [-0.2, 0) is 0 Å². The molecule has 0 saturated carbocycles. The van der Waals surface area contributed by atoms with Gasteiger partial charge in [-0.15, -0.1) is 0 Å². The Morgan fingerprint density at radius 2 is 0.500 bits per heavy atom. The molecule has 0 unspecified atom stereocenters. The average Bonchev–Trinajstić information content (AvgIpc) is 3.82. The topological polar surface area (TPSA) is 9.86 Å². The summed E-state index contributed by atoms with van der Waals surface area (Å²) in [5.41, 5.74) is 16.8. The zero-order chi connectivity index (χ0) is 39.0. The van der Waals surface area contributed by atoms with Crippen molar-refractivity contribution >= 4 is 43.6 Å². The molecule has 2 aromatic heterocycles. The molecule has 0 bridgehead atoms. The molecule has 276 valence electrons. The first-order valence-electron chi connectivity index (χ1n) is 20.3. The van der Waals surface area contributed by atoms with Crippen LogP contribution in [0.3, 0.4) is 0 Å². The zero-order valence-corrected chi connectivity index (χ0v) is 32.7. The summed E-state index contributed by atoms with van der Waals surface area (Å²) in [5, 5.41) is 4.97. The lowest BCUT2D eigenvalue weighted by Gasteiger charge is -2.12. The summed E-state index contributed by atoms with van der Waals surface area (Å²) in [6.07, 6.45) is 0. The first kappa shape index (κ1) is 35.0. The molecular formula is C56H42N2. The minimum Gasteiger partial charge on any atom is -0.309 e. The van der Waals surface area contributed by atoms with E-state index >= 15 is 0 Å². The van der Waals surface area contributed by atoms with Crippen molar-refractivity contribution in [1.82, 2.24) is 9.13 Å². The second-order valence-electron chi connectivity index (χ2n) is 14.6. The molecule has 0 amide bonds. The summed E-state index contributed by atoms with van der Waals surface area (Å²) in [6.45, 7) is 4.00. The van der Waals surface area contributed by atoms with Crippen LogP contribution < -0.4 is 0 Å². The van der Waals surface area contributed by atoms with Crippen molar-refractivity contribution in [1.29, 1.82) is 0 Å². The van der Waals surface area contributed by atoms with Crippen molar-refractivity contribution in [2.45, 2.75) is 13.8 Å². The molecule has 0 aliphatic carbocycles. The van der Waals surface area contributed by atoms with Gasteiger partial charge in [-0.3, -0.25) is 0 Å². The molecule has 11 aromatic rings. The van der Waals surface area contributed by atoms with E-state index in [0.717, 1.165) is 11.4 Å². The van der Waals surface area contributed by atoms with E-state index in [4.69, 9.17) is 0 Å². The fraction of sp³-hybridized carbons (Fsp3) is 0.0357. The second kappa shape index (κ2) is 14.9. The number of aromatic nitrogens is 2. The van der Waals surface area contributed by atoms with Crippen molar-refractivity contribution in [3.05, 3.63) is 218 Å². The van der Waals surface area contributed by atoms with Gasteiger partial charge in [0.2, 0.25) is 0 Å². The highest BCUT2D eigenvalue weighted by Crippen LogP contribution is 2.40. The summed E-state index contributed by atoms with van der Waals surface area (Å²) >= 11 is 0. The molecule has 0 spiro atoms. The average molecular weight is 743 g/mol.